The lowest BCUT2D eigenvalue weighted by Gasteiger charge is -2.20. The monoisotopic (exact) mass is 501 g/mol. The van der Waals surface area contributed by atoms with E-state index in [1.165, 1.54) is 0 Å². The zero-order chi connectivity index (χ0) is 27.0. The highest BCUT2D eigenvalue weighted by Crippen LogP contribution is 2.00. The van der Waals surface area contributed by atoms with Crippen molar-refractivity contribution in [2.75, 3.05) is 19.6 Å². The van der Waals surface area contributed by atoms with Crippen molar-refractivity contribution in [3.63, 3.8) is 0 Å². The molecule has 4 amide bonds. The molecule has 0 saturated heterocycles. The van der Waals surface area contributed by atoms with Crippen molar-refractivity contribution in [2.45, 2.75) is 50.2 Å². The molecule has 0 bridgehead atoms. The van der Waals surface area contributed by atoms with Crippen LogP contribution in [0.15, 0.2) is 9.98 Å². The summed E-state index contributed by atoms with van der Waals surface area (Å²) in [4.78, 5) is 66.9. The summed E-state index contributed by atoms with van der Waals surface area (Å²) < 4.78 is 0. The Morgan fingerprint density at radius 2 is 1.31 bits per heavy atom. The van der Waals surface area contributed by atoms with Crippen LogP contribution in [0.3, 0.4) is 0 Å². The third-order valence-electron chi connectivity index (χ3n) is 4.34. The molecule has 17 nitrogen and oxygen atoms in total. The van der Waals surface area contributed by atoms with E-state index in [2.05, 4.69) is 25.9 Å². The van der Waals surface area contributed by atoms with Crippen molar-refractivity contribution in [3.8, 4) is 0 Å². The van der Waals surface area contributed by atoms with Gasteiger partial charge in [0.25, 0.3) is 0 Å². The van der Waals surface area contributed by atoms with E-state index in [1.54, 1.807) is 0 Å². The normalized spacial score (nSPS) is 12.8. The SMILES string of the molecule is NC(=O)CC(NC(=O)C(N)CCCN=C(N)N)C(=O)NCC(=O)NC(CCCN=C(N)N)C(=O)O. The van der Waals surface area contributed by atoms with Crippen LogP contribution < -0.4 is 50.4 Å². The number of carboxylic acids is 1. The van der Waals surface area contributed by atoms with Crippen molar-refractivity contribution in [1.29, 1.82) is 0 Å². The van der Waals surface area contributed by atoms with Crippen molar-refractivity contribution >= 4 is 41.5 Å². The summed E-state index contributed by atoms with van der Waals surface area (Å²) in [5, 5.41) is 16.0. The van der Waals surface area contributed by atoms with Crippen molar-refractivity contribution in [2.24, 2.45) is 44.4 Å². The quantitative estimate of drug-likeness (QED) is 0.0508. The number of guanidine groups is 2. The summed E-state index contributed by atoms with van der Waals surface area (Å²) in [6, 6.07) is -3.66. The summed E-state index contributed by atoms with van der Waals surface area (Å²) >= 11 is 0. The van der Waals surface area contributed by atoms with Crippen LogP contribution >= 0.6 is 0 Å². The molecule has 0 radical (unpaired) electrons. The lowest BCUT2D eigenvalue weighted by atomic mass is 10.1. The average molecular weight is 502 g/mol. The zero-order valence-corrected chi connectivity index (χ0v) is 19.2. The fourth-order valence-corrected chi connectivity index (χ4v) is 2.64. The number of amides is 4. The Hall–Kier alpha value is -4.15. The summed E-state index contributed by atoms with van der Waals surface area (Å²) in [5.41, 5.74) is 31.7. The predicted octanol–water partition coefficient (Wildman–Crippen LogP) is -5.53. The summed E-state index contributed by atoms with van der Waals surface area (Å²) in [7, 11) is 0. The molecule has 3 unspecified atom stereocenters. The number of aliphatic carboxylic acids is 1. The van der Waals surface area contributed by atoms with Crippen molar-refractivity contribution in [1.82, 2.24) is 16.0 Å². The second-order valence-electron chi connectivity index (χ2n) is 7.41. The predicted molar refractivity (Wildman–Crippen MR) is 126 cm³/mol. The molecule has 0 aliphatic heterocycles. The molecule has 17 heteroatoms. The molecule has 16 N–H and O–H groups in total. The van der Waals surface area contributed by atoms with Gasteiger partial charge in [0, 0.05) is 13.1 Å². The van der Waals surface area contributed by atoms with Gasteiger partial charge in [0.1, 0.15) is 12.1 Å². The van der Waals surface area contributed by atoms with Crippen LogP contribution in [0.1, 0.15) is 32.1 Å². The Morgan fingerprint density at radius 1 is 0.771 bits per heavy atom. The highest BCUT2D eigenvalue weighted by atomic mass is 16.4. The number of nitrogens with zero attached hydrogens (tertiary/aromatic N) is 2. The lowest BCUT2D eigenvalue weighted by molar-refractivity contribution is -0.142. The van der Waals surface area contributed by atoms with E-state index in [0.717, 1.165) is 0 Å². The maximum atomic E-state index is 12.4. The second-order valence-corrected chi connectivity index (χ2v) is 7.41. The third-order valence-corrected chi connectivity index (χ3v) is 4.34. The van der Waals surface area contributed by atoms with E-state index in [1.807, 2.05) is 0 Å². The summed E-state index contributed by atoms with van der Waals surface area (Å²) in [6.45, 7) is -0.203. The fraction of sp³-hybridized carbons (Fsp3) is 0.611. The fourth-order valence-electron chi connectivity index (χ4n) is 2.64. The van der Waals surface area contributed by atoms with Gasteiger partial charge in [-0.2, -0.15) is 0 Å². The van der Waals surface area contributed by atoms with Crippen LogP contribution in [0, 0.1) is 0 Å². The highest BCUT2D eigenvalue weighted by molar-refractivity contribution is 5.95. The lowest BCUT2D eigenvalue weighted by Crippen LogP contribution is -2.54. The van der Waals surface area contributed by atoms with Crippen LogP contribution in [0.5, 0.6) is 0 Å². The molecule has 0 saturated carbocycles. The van der Waals surface area contributed by atoms with Gasteiger partial charge in [-0.3, -0.25) is 29.2 Å². The van der Waals surface area contributed by atoms with Crippen molar-refractivity contribution in [3.05, 3.63) is 0 Å². The largest absolute Gasteiger partial charge is 0.480 e. The van der Waals surface area contributed by atoms with E-state index >= 15 is 0 Å². The number of carbonyl (C=O) groups excluding carboxylic acids is 4. The minimum atomic E-state index is -1.40. The Labute approximate surface area is 201 Å². The first kappa shape index (κ1) is 30.8. The third kappa shape index (κ3) is 15.3. The molecule has 0 fully saturated rings. The Kier molecular flexibility index (Phi) is 14.5. The molecule has 0 aliphatic carbocycles. The van der Waals surface area contributed by atoms with Gasteiger partial charge in [-0.1, -0.05) is 0 Å². The van der Waals surface area contributed by atoms with Crippen LogP contribution in [-0.4, -0.2) is 84.4 Å². The van der Waals surface area contributed by atoms with Gasteiger partial charge in [0.05, 0.1) is 19.0 Å². The second kappa shape index (κ2) is 16.5. The standard InChI is InChI=1S/C18H35N11O6/c19-9(3-1-5-25-17(21)22)14(32)29-11(7-12(20)30)15(33)27-8-13(31)28-10(16(34)35)4-2-6-26-18(23)24/h9-11H,1-8,19H2,(H2,20,30)(H,27,33)(H,28,31)(H,29,32)(H,34,35)(H4,21,22,25)(H4,23,24,26). The Bertz CT molecular complexity index is 809. The molecule has 0 aromatic heterocycles. The van der Waals surface area contributed by atoms with Crippen molar-refractivity contribution < 1.29 is 29.1 Å². The smallest absolute Gasteiger partial charge is 0.326 e. The van der Waals surface area contributed by atoms with E-state index in [9.17, 15) is 29.1 Å². The topological polar surface area (TPSA) is 323 Å². The number of nitrogens with two attached hydrogens (primary N) is 6. The van der Waals surface area contributed by atoms with E-state index in [0.29, 0.717) is 6.42 Å². The van der Waals surface area contributed by atoms with Gasteiger partial charge >= 0.3 is 5.97 Å². The minimum Gasteiger partial charge on any atom is -0.480 e. The maximum Gasteiger partial charge on any atom is 0.326 e. The van der Waals surface area contributed by atoms with Crippen LogP contribution in [0.2, 0.25) is 0 Å². The zero-order valence-electron chi connectivity index (χ0n) is 19.2. The van der Waals surface area contributed by atoms with Gasteiger partial charge in [-0.25, -0.2) is 4.79 Å². The number of carboxylic acid groups (broad SMARTS) is 1. The molecule has 198 valence electrons. The maximum absolute atomic E-state index is 12.4. The van der Waals surface area contributed by atoms with Gasteiger partial charge in [-0.15, -0.1) is 0 Å². The molecule has 0 rings (SSSR count). The number of nitrogens with one attached hydrogen (secondary N) is 3. The van der Waals surface area contributed by atoms with E-state index < -0.39 is 60.7 Å². The van der Waals surface area contributed by atoms with Crippen LogP contribution in [0.4, 0.5) is 0 Å². The summed E-state index contributed by atoms with van der Waals surface area (Å²) in [6.07, 6.45) is 0.335. The molecular formula is C18H35N11O6. The molecule has 0 aromatic carbocycles. The number of hydrogen-bond donors (Lipinski definition) is 10. The van der Waals surface area contributed by atoms with Gasteiger partial charge in [-0.05, 0) is 25.7 Å². The molecular weight excluding hydrogens is 466 g/mol. The minimum absolute atomic E-state index is 0.0350. The highest BCUT2D eigenvalue weighted by Gasteiger charge is 2.26. The van der Waals surface area contributed by atoms with Gasteiger partial charge in [0.2, 0.25) is 23.6 Å². The first-order chi connectivity index (χ1) is 16.3. The van der Waals surface area contributed by atoms with Crippen LogP contribution in [0.25, 0.3) is 0 Å². The van der Waals surface area contributed by atoms with Gasteiger partial charge in [0.15, 0.2) is 11.9 Å². The van der Waals surface area contributed by atoms with E-state index in [4.69, 9.17) is 34.4 Å². The molecule has 0 aliphatic rings. The molecule has 35 heavy (non-hydrogen) atoms. The number of rotatable bonds is 17. The average Bonchev–Trinajstić information content (AvgIpc) is 2.75. The van der Waals surface area contributed by atoms with Gasteiger partial charge < -0.3 is 55.5 Å². The molecule has 0 spiro atoms. The number of carbonyl (C=O) groups is 5. The summed E-state index contributed by atoms with van der Waals surface area (Å²) in [5.74, 6) is -4.86. The number of primary amides is 1. The molecule has 0 heterocycles. The first-order valence-corrected chi connectivity index (χ1v) is 10.6. The number of hydrogen-bond acceptors (Lipinski definition) is 8. The number of aliphatic imine (C=N–C) groups is 2. The first-order valence-electron chi connectivity index (χ1n) is 10.6. The van der Waals surface area contributed by atoms with Crippen LogP contribution in [-0.2, 0) is 24.0 Å². The molecule has 0 aromatic rings. The Balaban J connectivity index is 4.80. The van der Waals surface area contributed by atoms with E-state index in [-0.39, 0.29) is 44.3 Å². The Morgan fingerprint density at radius 3 is 1.80 bits per heavy atom. The molecule has 3 atom stereocenters.